The minimum absolute atomic E-state index is 0.0157. The predicted molar refractivity (Wildman–Crippen MR) is 300 cm³/mol. The molecule has 0 aliphatic carbocycles. The fraction of sp³-hybridized carbons (Fsp3) is 0.571. The molecule has 3 saturated heterocycles. The van der Waals surface area contributed by atoms with Crippen molar-refractivity contribution in [2.24, 2.45) is 23.7 Å². The number of nitrogens with zero attached hydrogens (tertiary/aromatic N) is 2. The van der Waals surface area contributed by atoms with Crippen LogP contribution in [0.3, 0.4) is 0 Å². The number of aliphatic hydroxyl groups excluding tert-OH is 1. The van der Waals surface area contributed by atoms with Gasteiger partial charge in [-0.25, -0.2) is 9.59 Å². The molecule has 18 atom stereocenters. The van der Waals surface area contributed by atoms with Gasteiger partial charge >= 0.3 is 17.9 Å². The summed E-state index contributed by atoms with van der Waals surface area (Å²) in [6.45, 7) is 17.2. The van der Waals surface area contributed by atoms with Gasteiger partial charge in [-0.1, -0.05) is 94.4 Å². The van der Waals surface area contributed by atoms with Gasteiger partial charge in [-0.2, -0.15) is 0 Å². The first kappa shape index (κ1) is 62.1. The summed E-state index contributed by atoms with van der Waals surface area (Å²) < 4.78 is 60.0. The standard InChI is InChI=1S/C63H84N2O15/c1-14-49-63(10,71)54(67)39(4)51(66)37(2)34-62(9,73-31-23-24-43-33-46-29-21-22-30-47(46)64-36-43)55(80-60-53(48(65(11)12)32-38(3)74-60)78-58(69)44-25-17-15-18-26-44)40(5)52(41(6)57(68)76-49)77-50-35-61(8,72-13)56(42(7)75-50)79-59(70)45-27-19-16-20-28-45/h15-30,33,36-42,48-50,52-56,60,67,71H,14,31-32,34-35H2,1-13H3/b24-23+/t37-,38+,39+,40-,41+,42-,48-,49-,50?,52-,53+,54+,55+,56-,60?,61+,62-,63+/m0/s1. The fourth-order valence-corrected chi connectivity index (χ4v) is 12.0. The number of methoxy groups -OCH3 is 1. The Morgan fingerprint density at radius 2 is 1.41 bits per heavy atom. The highest BCUT2D eigenvalue weighted by Gasteiger charge is 2.55. The highest BCUT2D eigenvalue weighted by molar-refractivity contribution is 5.90. The van der Waals surface area contributed by atoms with Crippen LogP contribution >= 0.6 is 0 Å². The molecule has 0 bridgehead atoms. The molecule has 17 nitrogen and oxygen atoms in total. The highest BCUT2D eigenvalue weighted by Crippen LogP contribution is 2.43. The number of aromatic nitrogens is 1. The molecule has 80 heavy (non-hydrogen) atoms. The van der Waals surface area contributed by atoms with Gasteiger partial charge in [0.2, 0.25) is 0 Å². The van der Waals surface area contributed by atoms with E-state index in [0.717, 1.165) is 16.5 Å². The second-order valence-corrected chi connectivity index (χ2v) is 23.1. The van der Waals surface area contributed by atoms with Crippen LogP contribution < -0.4 is 0 Å². The SMILES string of the molecule is CC[C@@H]1OC(=O)[C@H](C)[C@@H](OC2C[C@@](C)(OC)[C@@H](OC(=O)c3ccccc3)[C@H](C)O2)[C@H](C)[C@@H](OC2O[C@H](C)C[C@H](N(C)C)[C@H]2OC(=O)c2ccccc2)[C@@](C)(OC/C=C/c2cnc3ccccc3c2)C[C@H](C)C(=O)[C@@H](C)[C@@H](O)[C@]1(C)O. The van der Waals surface area contributed by atoms with E-state index in [0.29, 0.717) is 17.5 Å². The number of carbonyl (C=O) groups excluding carboxylic acids is 4. The summed E-state index contributed by atoms with van der Waals surface area (Å²) in [5, 5.41) is 25.0. The summed E-state index contributed by atoms with van der Waals surface area (Å²) in [6.07, 6.45) is -4.72. The van der Waals surface area contributed by atoms with Gasteiger partial charge in [0.15, 0.2) is 24.8 Å². The van der Waals surface area contributed by atoms with Crippen molar-refractivity contribution in [2.75, 3.05) is 27.8 Å². The minimum Gasteiger partial charge on any atom is -0.459 e. The smallest absolute Gasteiger partial charge is 0.338 e. The largest absolute Gasteiger partial charge is 0.459 e. The first-order valence-electron chi connectivity index (χ1n) is 28.1. The Kier molecular flexibility index (Phi) is 20.7. The number of likely N-dealkylation sites (N-methyl/N-ethyl adjacent to an activating group) is 1. The molecular formula is C63H84N2O15. The van der Waals surface area contributed by atoms with Crippen molar-refractivity contribution < 1.29 is 72.0 Å². The summed E-state index contributed by atoms with van der Waals surface area (Å²) in [5.74, 6) is -6.36. The molecule has 436 valence electrons. The second-order valence-electron chi connectivity index (χ2n) is 23.1. The van der Waals surface area contributed by atoms with E-state index in [4.69, 9.17) is 42.6 Å². The molecule has 4 heterocycles. The number of hydrogen-bond acceptors (Lipinski definition) is 17. The Balaban J connectivity index is 1.36. The zero-order chi connectivity index (χ0) is 58.3. The van der Waals surface area contributed by atoms with Crippen molar-refractivity contribution >= 4 is 40.7 Å². The van der Waals surface area contributed by atoms with Gasteiger partial charge in [0.25, 0.3) is 0 Å². The third-order valence-corrected chi connectivity index (χ3v) is 16.7. The maximum atomic E-state index is 15.0. The maximum absolute atomic E-state index is 15.0. The molecule has 0 saturated carbocycles. The van der Waals surface area contributed by atoms with E-state index in [1.165, 1.54) is 14.0 Å². The van der Waals surface area contributed by atoms with E-state index in [-0.39, 0.29) is 31.7 Å². The number of aliphatic hydroxyl groups is 2. The van der Waals surface area contributed by atoms with Crippen LogP contribution in [0.1, 0.15) is 121 Å². The molecule has 4 aromatic rings. The van der Waals surface area contributed by atoms with E-state index < -0.39 is 126 Å². The number of rotatable bonds is 15. The number of para-hydroxylation sites is 1. The van der Waals surface area contributed by atoms with Crippen LogP contribution in [0.2, 0.25) is 0 Å². The van der Waals surface area contributed by atoms with Gasteiger partial charge in [0.05, 0.1) is 71.3 Å². The van der Waals surface area contributed by atoms with Gasteiger partial charge in [-0.15, -0.1) is 0 Å². The number of fused-ring (bicyclic) bond motifs is 1. The summed E-state index contributed by atoms with van der Waals surface area (Å²) in [4.78, 5) is 64.1. The van der Waals surface area contributed by atoms with Crippen molar-refractivity contribution in [3.8, 4) is 0 Å². The van der Waals surface area contributed by atoms with Crippen LogP contribution in [0.15, 0.2) is 103 Å². The molecule has 3 aromatic carbocycles. The molecule has 7 rings (SSSR count). The normalized spacial score (nSPS) is 35.8. The number of hydrogen-bond donors (Lipinski definition) is 2. The van der Waals surface area contributed by atoms with Gasteiger partial charge in [0, 0.05) is 42.9 Å². The van der Waals surface area contributed by atoms with E-state index in [2.05, 4.69) is 4.98 Å². The van der Waals surface area contributed by atoms with Crippen molar-refractivity contribution in [1.82, 2.24) is 9.88 Å². The van der Waals surface area contributed by atoms with Gasteiger partial charge < -0.3 is 57.7 Å². The van der Waals surface area contributed by atoms with Crippen molar-refractivity contribution in [1.29, 1.82) is 0 Å². The summed E-state index contributed by atoms with van der Waals surface area (Å²) >= 11 is 0. The monoisotopic (exact) mass is 1110 g/mol. The lowest BCUT2D eigenvalue weighted by Crippen LogP contribution is -2.62. The Labute approximate surface area is 471 Å². The number of benzene rings is 3. The number of cyclic esters (lactones) is 1. The third-order valence-electron chi connectivity index (χ3n) is 16.7. The molecule has 0 radical (unpaired) electrons. The van der Waals surface area contributed by atoms with Crippen LogP contribution in [0.4, 0.5) is 0 Å². The molecule has 2 N–H and O–H groups in total. The molecule has 3 aliphatic heterocycles. The molecule has 0 amide bonds. The number of pyridine rings is 1. The Morgan fingerprint density at radius 3 is 2.04 bits per heavy atom. The molecule has 0 spiro atoms. The molecule has 1 aromatic heterocycles. The zero-order valence-corrected chi connectivity index (χ0v) is 48.7. The molecule has 17 heteroatoms. The van der Waals surface area contributed by atoms with Crippen molar-refractivity contribution in [3.05, 3.63) is 120 Å². The summed E-state index contributed by atoms with van der Waals surface area (Å²) in [6, 6.07) is 26.6. The Morgan fingerprint density at radius 1 is 0.787 bits per heavy atom. The predicted octanol–water partition coefficient (Wildman–Crippen LogP) is 8.80. The zero-order valence-electron chi connectivity index (χ0n) is 48.7. The fourth-order valence-electron chi connectivity index (χ4n) is 12.0. The van der Waals surface area contributed by atoms with E-state index in [9.17, 15) is 29.4 Å². The number of ketones is 1. The first-order chi connectivity index (χ1) is 37.9. The molecule has 3 fully saturated rings. The van der Waals surface area contributed by atoms with E-state index in [1.54, 1.807) is 108 Å². The summed E-state index contributed by atoms with van der Waals surface area (Å²) in [5.41, 5.74) is -2.42. The van der Waals surface area contributed by atoms with Crippen molar-refractivity contribution in [2.45, 2.75) is 179 Å². The average Bonchev–Trinajstić information content (AvgIpc) is 3.44. The van der Waals surface area contributed by atoms with Crippen LogP contribution in [0, 0.1) is 23.7 Å². The van der Waals surface area contributed by atoms with Crippen LogP contribution in [0.5, 0.6) is 0 Å². The topological polar surface area (TPSA) is 208 Å². The quantitative estimate of drug-likeness (QED) is 0.0842. The minimum atomic E-state index is -2.07. The third kappa shape index (κ3) is 14.2. The van der Waals surface area contributed by atoms with Crippen LogP contribution in [-0.2, 0) is 52.2 Å². The van der Waals surface area contributed by atoms with E-state index >= 15 is 0 Å². The van der Waals surface area contributed by atoms with Gasteiger partial charge in [0.1, 0.15) is 23.1 Å². The molecule has 3 aliphatic rings. The van der Waals surface area contributed by atoms with Crippen LogP contribution in [0.25, 0.3) is 17.0 Å². The number of Topliss-reactive ketones (excluding diaryl/α,β-unsaturated/α-hetero) is 1. The molecular weight excluding hydrogens is 1020 g/mol. The lowest BCUT2D eigenvalue weighted by atomic mass is 9.73. The number of ether oxygens (including phenoxy) is 9. The summed E-state index contributed by atoms with van der Waals surface area (Å²) in [7, 11) is 5.30. The maximum Gasteiger partial charge on any atom is 0.338 e. The Hall–Kier alpha value is -5.47. The van der Waals surface area contributed by atoms with E-state index in [1.807, 2.05) is 82.3 Å². The number of esters is 3. The highest BCUT2D eigenvalue weighted by atomic mass is 16.7. The lowest BCUT2D eigenvalue weighted by Gasteiger charge is -2.50. The van der Waals surface area contributed by atoms with Gasteiger partial charge in [-0.3, -0.25) is 14.6 Å². The second kappa shape index (κ2) is 26.6. The number of carbonyl (C=O) groups is 4. The first-order valence-corrected chi connectivity index (χ1v) is 28.1. The average molecular weight is 1110 g/mol. The Bertz CT molecular complexity index is 2740. The molecule has 2 unspecified atom stereocenters. The lowest BCUT2D eigenvalue weighted by molar-refractivity contribution is -0.319. The van der Waals surface area contributed by atoms with Crippen molar-refractivity contribution in [3.63, 3.8) is 0 Å². The van der Waals surface area contributed by atoms with Crippen LogP contribution in [-0.4, -0.2) is 156 Å². The van der Waals surface area contributed by atoms with Gasteiger partial charge in [-0.05, 0) is 117 Å².